The Bertz CT molecular complexity index is 1400. The summed E-state index contributed by atoms with van der Waals surface area (Å²) in [6.07, 6.45) is 1.96. The molecule has 0 bridgehead atoms. The van der Waals surface area contributed by atoms with E-state index in [9.17, 15) is 4.79 Å². The molecule has 0 radical (unpaired) electrons. The molecule has 29 heavy (non-hydrogen) atoms. The minimum absolute atomic E-state index is 0.0722. The highest BCUT2D eigenvalue weighted by molar-refractivity contribution is 7.98. The molecule has 0 aliphatic rings. The monoisotopic (exact) mass is 395 g/mol. The fourth-order valence-corrected chi connectivity index (χ4v) is 4.01. The smallest absolute Gasteiger partial charge is 0.263 e. The van der Waals surface area contributed by atoms with Gasteiger partial charge in [-0.2, -0.15) is 0 Å². The largest absolute Gasteiger partial charge is 0.273 e. The van der Waals surface area contributed by atoms with Gasteiger partial charge in [-0.15, -0.1) is 0 Å². The predicted octanol–water partition coefficient (Wildman–Crippen LogP) is 5.32. The lowest BCUT2D eigenvalue weighted by Gasteiger charge is -2.16. The number of para-hydroxylation sites is 1. The molecule has 0 N–H and O–H groups in total. The first kappa shape index (κ1) is 17.6. The second-order valence-electron chi connectivity index (χ2n) is 6.64. The lowest BCUT2D eigenvalue weighted by Crippen LogP contribution is -2.20. The number of hydrogen-bond donors (Lipinski definition) is 0. The summed E-state index contributed by atoms with van der Waals surface area (Å²) in [5.74, 6) is 0. The molecule has 0 saturated heterocycles. The van der Waals surface area contributed by atoms with E-state index < -0.39 is 0 Å². The van der Waals surface area contributed by atoms with Crippen molar-refractivity contribution in [2.75, 3.05) is 6.26 Å². The average molecular weight is 395 g/mol. The van der Waals surface area contributed by atoms with E-state index in [0.717, 1.165) is 33.4 Å². The predicted molar refractivity (Wildman–Crippen MR) is 120 cm³/mol. The Morgan fingerprint density at radius 3 is 2.07 bits per heavy atom. The number of pyridine rings is 1. The van der Waals surface area contributed by atoms with Gasteiger partial charge < -0.3 is 0 Å². The van der Waals surface area contributed by atoms with Gasteiger partial charge in [0.05, 0.1) is 5.69 Å². The van der Waals surface area contributed by atoms with Gasteiger partial charge >= 0.3 is 0 Å². The van der Waals surface area contributed by atoms with Gasteiger partial charge in [-0.25, -0.2) is 9.97 Å². The minimum atomic E-state index is -0.0722. The van der Waals surface area contributed by atoms with E-state index in [1.807, 2.05) is 91.2 Å². The van der Waals surface area contributed by atoms with Crippen LogP contribution in [0, 0.1) is 0 Å². The number of hydrogen-bond acceptors (Lipinski definition) is 4. The number of rotatable bonds is 3. The van der Waals surface area contributed by atoms with Crippen LogP contribution in [0.2, 0.25) is 0 Å². The van der Waals surface area contributed by atoms with E-state index in [4.69, 9.17) is 9.97 Å². The molecule has 2 heterocycles. The Hall–Kier alpha value is -3.44. The van der Waals surface area contributed by atoms with Crippen molar-refractivity contribution in [3.63, 3.8) is 0 Å². The van der Waals surface area contributed by atoms with Gasteiger partial charge in [0.2, 0.25) is 0 Å². The van der Waals surface area contributed by atoms with Crippen molar-refractivity contribution in [2.24, 2.45) is 0 Å². The molecule has 3 aromatic carbocycles. The number of thioether (sulfide) groups is 1. The van der Waals surface area contributed by atoms with E-state index in [-0.39, 0.29) is 5.56 Å². The number of benzene rings is 3. The zero-order valence-corrected chi connectivity index (χ0v) is 16.6. The molecule has 0 aliphatic heterocycles. The fraction of sp³-hybridized carbons (Fsp3) is 0.0417. The molecule has 140 valence electrons. The highest BCUT2D eigenvalue weighted by Crippen LogP contribution is 2.32. The summed E-state index contributed by atoms with van der Waals surface area (Å²) in [7, 11) is 0. The first-order valence-electron chi connectivity index (χ1n) is 9.28. The highest BCUT2D eigenvalue weighted by Gasteiger charge is 2.19. The van der Waals surface area contributed by atoms with Gasteiger partial charge in [0.25, 0.3) is 5.56 Å². The van der Waals surface area contributed by atoms with Crippen LogP contribution >= 0.6 is 11.8 Å². The standard InChI is InChI=1S/C24H17N3OS/c1-29-24-25-20(16-10-4-2-5-11-16)22-21(26-24)18-14-8-9-15-19(18)23(28)27(22)17-12-6-3-7-13-17/h2-15H,1H3. The third-order valence-corrected chi connectivity index (χ3v) is 5.49. The molecule has 2 aromatic heterocycles. The normalized spacial score (nSPS) is 11.2. The molecule has 0 saturated carbocycles. The second kappa shape index (κ2) is 7.18. The summed E-state index contributed by atoms with van der Waals surface area (Å²) in [4.78, 5) is 23.2. The minimum Gasteiger partial charge on any atom is -0.273 e. The molecule has 4 nitrogen and oxygen atoms in total. The maximum Gasteiger partial charge on any atom is 0.263 e. The van der Waals surface area contributed by atoms with E-state index >= 15 is 0 Å². The third kappa shape index (κ3) is 2.91. The summed E-state index contributed by atoms with van der Waals surface area (Å²) in [6, 6.07) is 27.3. The topological polar surface area (TPSA) is 47.8 Å². The van der Waals surface area contributed by atoms with Crippen LogP contribution in [0.15, 0.2) is 94.9 Å². The lowest BCUT2D eigenvalue weighted by molar-refractivity contribution is 0.979. The molecular weight excluding hydrogens is 378 g/mol. The first-order chi connectivity index (χ1) is 14.3. The molecule has 0 unspecified atom stereocenters. The third-order valence-electron chi connectivity index (χ3n) is 4.95. The van der Waals surface area contributed by atoms with Crippen molar-refractivity contribution >= 4 is 33.6 Å². The van der Waals surface area contributed by atoms with Crippen molar-refractivity contribution in [2.45, 2.75) is 5.16 Å². The highest BCUT2D eigenvalue weighted by atomic mass is 32.2. The van der Waals surface area contributed by atoms with Gasteiger partial charge in [-0.05, 0) is 24.5 Å². The summed E-state index contributed by atoms with van der Waals surface area (Å²) < 4.78 is 1.74. The second-order valence-corrected chi connectivity index (χ2v) is 7.42. The van der Waals surface area contributed by atoms with Crippen LogP contribution in [0.1, 0.15) is 0 Å². The number of fused-ring (bicyclic) bond motifs is 3. The van der Waals surface area contributed by atoms with E-state index in [1.54, 1.807) is 4.57 Å². The SMILES string of the molecule is CSc1nc(-c2ccccc2)c2c(n1)c1ccccc1c(=O)n2-c1ccccc1. The van der Waals surface area contributed by atoms with Gasteiger partial charge in [0.1, 0.15) is 11.0 Å². The summed E-state index contributed by atoms with van der Waals surface area (Å²) in [5, 5.41) is 2.17. The van der Waals surface area contributed by atoms with E-state index in [1.165, 1.54) is 11.8 Å². The number of nitrogens with zero attached hydrogens (tertiary/aromatic N) is 3. The molecule has 0 spiro atoms. The van der Waals surface area contributed by atoms with Crippen LogP contribution in [0.3, 0.4) is 0 Å². The zero-order chi connectivity index (χ0) is 19.8. The van der Waals surface area contributed by atoms with Crippen LogP contribution in [-0.2, 0) is 0 Å². The Morgan fingerprint density at radius 2 is 1.38 bits per heavy atom. The van der Waals surface area contributed by atoms with Crippen molar-refractivity contribution in [1.82, 2.24) is 14.5 Å². The summed E-state index contributed by atoms with van der Waals surface area (Å²) >= 11 is 1.50. The van der Waals surface area contributed by atoms with Crippen LogP contribution in [0.25, 0.3) is 38.8 Å². The molecular formula is C24H17N3OS. The van der Waals surface area contributed by atoms with Crippen molar-refractivity contribution in [3.8, 4) is 16.9 Å². The Morgan fingerprint density at radius 1 is 0.759 bits per heavy atom. The van der Waals surface area contributed by atoms with Gasteiger partial charge in [-0.3, -0.25) is 9.36 Å². The quantitative estimate of drug-likeness (QED) is 0.236. The van der Waals surface area contributed by atoms with E-state index in [0.29, 0.717) is 10.5 Å². The zero-order valence-electron chi connectivity index (χ0n) is 15.7. The molecule has 5 aromatic rings. The summed E-state index contributed by atoms with van der Waals surface area (Å²) in [6.45, 7) is 0. The van der Waals surface area contributed by atoms with Gasteiger partial charge in [0, 0.05) is 22.0 Å². The molecule has 0 aliphatic carbocycles. The van der Waals surface area contributed by atoms with Crippen LogP contribution in [0.4, 0.5) is 0 Å². The van der Waals surface area contributed by atoms with E-state index in [2.05, 4.69) is 0 Å². The first-order valence-corrected chi connectivity index (χ1v) is 10.5. The molecule has 5 rings (SSSR count). The molecule has 0 atom stereocenters. The molecule has 5 heteroatoms. The lowest BCUT2D eigenvalue weighted by atomic mass is 10.1. The Kier molecular flexibility index (Phi) is 4.37. The Balaban J connectivity index is 2.07. The molecule has 0 amide bonds. The van der Waals surface area contributed by atoms with Crippen molar-refractivity contribution < 1.29 is 0 Å². The summed E-state index contributed by atoms with van der Waals surface area (Å²) in [5.41, 5.74) is 3.94. The average Bonchev–Trinajstić information content (AvgIpc) is 2.80. The van der Waals surface area contributed by atoms with Crippen molar-refractivity contribution in [1.29, 1.82) is 0 Å². The maximum atomic E-state index is 13.6. The van der Waals surface area contributed by atoms with Crippen molar-refractivity contribution in [3.05, 3.63) is 95.3 Å². The maximum absolute atomic E-state index is 13.6. The number of aromatic nitrogens is 3. The van der Waals surface area contributed by atoms with Crippen LogP contribution in [0.5, 0.6) is 0 Å². The fourth-order valence-electron chi connectivity index (χ4n) is 3.64. The Labute approximate surface area is 171 Å². The molecule has 0 fully saturated rings. The van der Waals surface area contributed by atoms with Gasteiger partial charge in [0.15, 0.2) is 5.16 Å². The van der Waals surface area contributed by atoms with Gasteiger partial charge in [-0.1, -0.05) is 78.5 Å². The van der Waals surface area contributed by atoms with Crippen LogP contribution < -0.4 is 5.56 Å². The van der Waals surface area contributed by atoms with Crippen LogP contribution in [-0.4, -0.2) is 20.8 Å².